The monoisotopic (exact) mass is 305 g/mol. The Morgan fingerprint density at radius 3 is 2.40 bits per heavy atom. The number of methoxy groups -OCH3 is 1. The van der Waals surface area contributed by atoms with Crippen molar-refractivity contribution in [2.24, 2.45) is 0 Å². The molecule has 0 aliphatic carbocycles. The fourth-order valence-electron chi connectivity index (χ4n) is 2.09. The Labute approximate surface area is 128 Å². The van der Waals surface area contributed by atoms with Crippen LogP contribution >= 0.6 is 23.2 Å². The van der Waals surface area contributed by atoms with E-state index in [1.165, 1.54) is 0 Å². The van der Waals surface area contributed by atoms with Crippen LogP contribution in [0.3, 0.4) is 0 Å². The van der Waals surface area contributed by atoms with E-state index in [1.54, 1.807) is 25.3 Å². The highest BCUT2D eigenvalue weighted by Crippen LogP contribution is 2.33. The molecule has 102 valence electrons. The molecular weight excluding hydrogens is 293 g/mol. The lowest BCUT2D eigenvalue weighted by atomic mass is 9.93. The standard InChI is InChI=1S/C16H13Cl2NO/c1-20-13-5-2-4-11(9-13)8-12(10-19)16-14(17)6-3-7-15(16)18/h2-7,9,12H,8H2,1H3. The Morgan fingerprint density at radius 1 is 1.15 bits per heavy atom. The number of halogens is 2. The first-order valence-corrected chi connectivity index (χ1v) is 6.87. The van der Waals surface area contributed by atoms with E-state index in [1.807, 2.05) is 24.3 Å². The van der Waals surface area contributed by atoms with E-state index in [-0.39, 0.29) is 5.92 Å². The second kappa shape index (κ2) is 6.65. The molecule has 0 aliphatic heterocycles. The molecule has 1 atom stereocenters. The first-order chi connectivity index (χ1) is 9.65. The number of nitrogens with zero attached hydrogens (tertiary/aromatic N) is 1. The van der Waals surface area contributed by atoms with Crippen LogP contribution in [0.4, 0.5) is 0 Å². The zero-order valence-electron chi connectivity index (χ0n) is 10.9. The van der Waals surface area contributed by atoms with Crippen molar-refractivity contribution in [3.8, 4) is 11.8 Å². The lowest BCUT2D eigenvalue weighted by molar-refractivity contribution is 0.414. The van der Waals surface area contributed by atoms with Gasteiger partial charge in [-0.1, -0.05) is 41.4 Å². The van der Waals surface area contributed by atoms with E-state index in [0.717, 1.165) is 11.3 Å². The van der Waals surface area contributed by atoms with Gasteiger partial charge in [0, 0.05) is 15.6 Å². The molecule has 2 aromatic rings. The van der Waals surface area contributed by atoms with Gasteiger partial charge in [-0.3, -0.25) is 0 Å². The molecule has 0 N–H and O–H groups in total. The van der Waals surface area contributed by atoms with E-state index in [4.69, 9.17) is 27.9 Å². The fourth-order valence-corrected chi connectivity index (χ4v) is 2.75. The number of hydrogen-bond acceptors (Lipinski definition) is 2. The Hall–Kier alpha value is -1.69. The Morgan fingerprint density at radius 2 is 1.80 bits per heavy atom. The van der Waals surface area contributed by atoms with Gasteiger partial charge in [0.25, 0.3) is 0 Å². The number of benzene rings is 2. The maximum absolute atomic E-state index is 9.42. The van der Waals surface area contributed by atoms with Gasteiger partial charge in [-0.2, -0.15) is 5.26 Å². The predicted octanol–water partition coefficient (Wildman–Crippen LogP) is 4.85. The van der Waals surface area contributed by atoms with Crippen molar-refractivity contribution in [2.75, 3.05) is 7.11 Å². The van der Waals surface area contributed by atoms with Gasteiger partial charge < -0.3 is 4.74 Å². The molecule has 0 fully saturated rings. The topological polar surface area (TPSA) is 33.0 Å². The van der Waals surface area contributed by atoms with Crippen LogP contribution in [-0.4, -0.2) is 7.11 Å². The van der Waals surface area contributed by atoms with Gasteiger partial charge in [-0.05, 0) is 36.2 Å². The average Bonchev–Trinajstić information content (AvgIpc) is 2.46. The molecule has 4 heteroatoms. The van der Waals surface area contributed by atoms with Crippen molar-refractivity contribution < 1.29 is 4.74 Å². The summed E-state index contributed by atoms with van der Waals surface area (Å²) < 4.78 is 5.19. The summed E-state index contributed by atoms with van der Waals surface area (Å²) in [6.07, 6.45) is 0.539. The second-order valence-corrected chi connectivity index (χ2v) is 5.19. The zero-order chi connectivity index (χ0) is 14.5. The molecule has 0 bridgehead atoms. The van der Waals surface area contributed by atoms with Gasteiger partial charge in [0.2, 0.25) is 0 Å². The molecule has 0 saturated heterocycles. The van der Waals surface area contributed by atoms with E-state index in [9.17, 15) is 5.26 Å². The van der Waals surface area contributed by atoms with E-state index >= 15 is 0 Å². The minimum Gasteiger partial charge on any atom is -0.497 e. The fraction of sp³-hybridized carbons (Fsp3) is 0.188. The third-order valence-corrected chi connectivity index (χ3v) is 3.74. The van der Waals surface area contributed by atoms with Gasteiger partial charge in [0.15, 0.2) is 0 Å². The molecule has 20 heavy (non-hydrogen) atoms. The first kappa shape index (κ1) is 14.7. The van der Waals surface area contributed by atoms with Crippen LogP contribution in [0.2, 0.25) is 10.0 Å². The molecule has 0 aromatic heterocycles. The Kier molecular flexibility index (Phi) is 4.89. The van der Waals surface area contributed by atoms with Crippen LogP contribution in [0.25, 0.3) is 0 Å². The summed E-state index contributed by atoms with van der Waals surface area (Å²) in [5, 5.41) is 10.5. The number of rotatable bonds is 4. The zero-order valence-corrected chi connectivity index (χ0v) is 12.4. The first-order valence-electron chi connectivity index (χ1n) is 6.12. The number of ether oxygens (including phenoxy) is 1. The van der Waals surface area contributed by atoms with E-state index < -0.39 is 0 Å². The Balaban J connectivity index is 2.32. The molecule has 0 aliphatic rings. The van der Waals surface area contributed by atoms with Gasteiger partial charge in [-0.25, -0.2) is 0 Å². The van der Waals surface area contributed by atoms with Crippen molar-refractivity contribution in [3.63, 3.8) is 0 Å². The molecule has 1 unspecified atom stereocenters. The lowest BCUT2D eigenvalue weighted by Gasteiger charge is -2.13. The van der Waals surface area contributed by atoms with Crippen molar-refractivity contribution in [1.82, 2.24) is 0 Å². The van der Waals surface area contributed by atoms with Crippen LogP contribution in [0.15, 0.2) is 42.5 Å². The lowest BCUT2D eigenvalue weighted by Crippen LogP contribution is -2.02. The molecule has 2 aromatic carbocycles. The highest BCUT2D eigenvalue weighted by Gasteiger charge is 2.18. The third kappa shape index (κ3) is 3.25. The molecule has 0 amide bonds. The van der Waals surface area contributed by atoms with E-state index in [2.05, 4.69) is 6.07 Å². The van der Waals surface area contributed by atoms with Crippen LogP contribution in [0, 0.1) is 11.3 Å². The van der Waals surface area contributed by atoms with Gasteiger partial charge in [0.05, 0.1) is 19.1 Å². The summed E-state index contributed by atoms with van der Waals surface area (Å²) in [4.78, 5) is 0. The minimum absolute atomic E-state index is 0.386. The highest BCUT2D eigenvalue weighted by molar-refractivity contribution is 6.36. The maximum atomic E-state index is 9.42. The molecular formula is C16H13Cl2NO. The normalized spacial score (nSPS) is 11.7. The smallest absolute Gasteiger partial charge is 0.119 e. The van der Waals surface area contributed by atoms with Crippen LogP contribution in [0.5, 0.6) is 5.75 Å². The summed E-state index contributed by atoms with van der Waals surface area (Å²) in [7, 11) is 1.62. The van der Waals surface area contributed by atoms with Crippen molar-refractivity contribution in [3.05, 3.63) is 63.6 Å². The summed E-state index contributed by atoms with van der Waals surface area (Å²) in [6.45, 7) is 0. The minimum atomic E-state index is -0.386. The summed E-state index contributed by atoms with van der Waals surface area (Å²) >= 11 is 12.3. The van der Waals surface area contributed by atoms with Gasteiger partial charge in [0.1, 0.15) is 5.75 Å². The molecule has 0 spiro atoms. The van der Waals surface area contributed by atoms with Crippen LogP contribution < -0.4 is 4.74 Å². The van der Waals surface area contributed by atoms with Crippen LogP contribution in [0.1, 0.15) is 17.0 Å². The second-order valence-electron chi connectivity index (χ2n) is 4.37. The van der Waals surface area contributed by atoms with E-state index in [0.29, 0.717) is 22.0 Å². The number of nitriles is 1. The number of hydrogen-bond donors (Lipinski definition) is 0. The average molecular weight is 306 g/mol. The molecule has 2 rings (SSSR count). The molecule has 0 radical (unpaired) electrons. The maximum Gasteiger partial charge on any atom is 0.119 e. The largest absolute Gasteiger partial charge is 0.497 e. The molecule has 2 nitrogen and oxygen atoms in total. The SMILES string of the molecule is COc1cccc(CC(C#N)c2c(Cl)cccc2Cl)c1. The van der Waals surface area contributed by atoms with Crippen molar-refractivity contribution in [2.45, 2.75) is 12.3 Å². The highest BCUT2D eigenvalue weighted by atomic mass is 35.5. The quantitative estimate of drug-likeness (QED) is 0.808. The summed E-state index contributed by atoms with van der Waals surface area (Å²) in [5.41, 5.74) is 1.69. The van der Waals surface area contributed by atoms with Crippen molar-refractivity contribution in [1.29, 1.82) is 5.26 Å². The molecule has 0 saturated carbocycles. The third-order valence-electron chi connectivity index (χ3n) is 3.08. The van der Waals surface area contributed by atoms with Crippen LogP contribution in [-0.2, 0) is 6.42 Å². The van der Waals surface area contributed by atoms with Gasteiger partial charge >= 0.3 is 0 Å². The Bertz CT molecular complexity index is 629. The van der Waals surface area contributed by atoms with Crippen molar-refractivity contribution >= 4 is 23.2 Å². The summed E-state index contributed by atoms with van der Waals surface area (Å²) in [5.74, 6) is 0.382. The van der Waals surface area contributed by atoms with Gasteiger partial charge in [-0.15, -0.1) is 0 Å². The molecule has 0 heterocycles. The summed E-state index contributed by atoms with van der Waals surface area (Å²) in [6, 6.07) is 15.2. The predicted molar refractivity (Wildman–Crippen MR) is 81.5 cm³/mol.